The highest BCUT2D eigenvalue weighted by Crippen LogP contribution is 2.61. The van der Waals surface area contributed by atoms with E-state index >= 15 is 0 Å². The van der Waals surface area contributed by atoms with E-state index in [0.717, 1.165) is 6.42 Å². The zero-order valence-electron chi connectivity index (χ0n) is 21.1. The van der Waals surface area contributed by atoms with Gasteiger partial charge in [0.25, 0.3) is 0 Å². The van der Waals surface area contributed by atoms with Crippen LogP contribution in [-0.2, 0) is 19.1 Å². The van der Waals surface area contributed by atoms with E-state index < -0.39 is 34.2 Å². The first-order valence-electron chi connectivity index (χ1n) is 12.3. The van der Waals surface area contributed by atoms with Crippen LogP contribution in [-0.4, -0.2) is 80.1 Å². The zero-order chi connectivity index (χ0) is 25.1. The van der Waals surface area contributed by atoms with Crippen LogP contribution in [0.15, 0.2) is 24.3 Å². The Balaban J connectivity index is 1.83. The lowest BCUT2D eigenvalue weighted by atomic mass is 9.78. The van der Waals surface area contributed by atoms with E-state index in [1.165, 1.54) is 11.8 Å². The molecule has 0 bridgehead atoms. The first-order valence-corrected chi connectivity index (χ1v) is 13.2. The highest BCUT2D eigenvalue weighted by molar-refractivity contribution is 8.02. The third-order valence-electron chi connectivity index (χ3n) is 7.49. The quantitative estimate of drug-likeness (QED) is 0.482. The van der Waals surface area contributed by atoms with Crippen molar-refractivity contribution in [2.45, 2.75) is 82.0 Å². The maximum absolute atomic E-state index is 14.4. The predicted octanol–water partition coefficient (Wildman–Crippen LogP) is 2.78. The first kappa shape index (κ1) is 25.3. The van der Waals surface area contributed by atoms with Crippen LogP contribution >= 0.6 is 11.8 Å². The molecular weight excluding hydrogens is 452 g/mol. The van der Waals surface area contributed by atoms with Crippen molar-refractivity contribution in [3.63, 3.8) is 0 Å². The molecule has 1 unspecified atom stereocenters. The maximum atomic E-state index is 14.4. The molecule has 2 fully saturated rings. The van der Waals surface area contributed by atoms with Crippen LogP contribution in [0.5, 0.6) is 0 Å². The smallest absolute Gasteiger partial charge is 0.311 e. The summed E-state index contributed by atoms with van der Waals surface area (Å²) in [5.41, 5.74) is -0.435. The summed E-state index contributed by atoms with van der Waals surface area (Å²) in [6.45, 7) is 12.9. The topological polar surface area (TPSA) is 87.2 Å². The summed E-state index contributed by atoms with van der Waals surface area (Å²) in [4.78, 5) is 44.8. The Morgan fingerprint density at radius 3 is 2.53 bits per heavy atom. The van der Waals surface area contributed by atoms with E-state index in [2.05, 4.69) is 34.6 Å². The van der Waals surface area contributed by atoms with Crippen LogP contribution in [0.25, 0.3) is 0 Å². The largest absolute Gasteiger partial charge is 0.465 e. The lowest BCUT2D eigenvalue weighted by Gasteiger charge is -2.45. The second-order valence-electron chi connectivity index (χ2n) is 11.9. The Kier molecular flexibility index (Phi) is 6.47. The van der Waals surface area contributed by atoms with Gasteiger partial charge in [-0.1, -0.05) is 45.1 Å². The molecule has 1 spiro atoms. The average molecular weight is 491 g/mol. The van der Waals surface area contributed by atoms with Gasteiger partial charge >= 0.3 is 5.97 Å². The number of aliphatic hydroxyl groups is 1. The van der Waals surface area contributed by atoms with Crippen LogP contribution < -0.4 is 0 Å². The van der Waals surface area contributed by atoms with Crippen LogP contribution in [0.1, 0.15) is 54.4 Å². The van der Waals surface area contributed by atoms with Crippen molar-refractivity contribution in [3.05, 3.63) is 24.3 Å². The fourth-order valence-electron chi connectivity index (χ4n) is 6.55. The molecule has 0 radical (unpaired) electrons. The summed E-state index contributed by atoms with van der Waals surface area (Å²) in [5, 5.41) is 9.79. The molecule has 0 aliphatic carbocycles. The molecular formula is C26H38N2O5S. The SMILES string of the molecule is C[C@H](CO)N1C(=O)[C@@H]2[C@@H]3C(=O)OCCC=C[C@@H]3S[C@@]23C=CCN(C(C)(C)CC(C)(C)C)C(=O)C13. The van der Waals surface area contributed by atoms with E-state index in [-0.39, 0.29) is 35.1 Å². The van der Waals surface area contributed by atoms with Crippen molar-refractivity contribution in [3.8, 4) is 0 Å². The molecule has 4 aliphatic heterocycles. The Morgan fingerprint density at radius 1 is 1.18 bits per heavy atom. The highest BCUT2D eigenvalue weighted by atomic mass is 32.2. The van der Waals surface area contributed by atoms with Crippen molar-refractivity contribution in [1.82, 2.24) is 9.80 Å². The van der Waals surface area contributed by atoms with Crippen molar-refractivity contribution in [2.75, 3.05) is 19.8 Å². The van der Waals surface area contributed by atoms with Gasteiger partial charge in [0.15, 0.2) is 0 Å². The molecule has 0 saturated carbocycles. The Labute approximate surface area is 206 Å². The van der Waals surface area contributed by atoms with Gasteiger partial charge in [0.1, 0.15) is 6.04 Å². The minimum Gasteiger partial charge on any atom is -0.465 e. The number of cyclic esters (lactones) is 1. The molecule has 188 valence electrons. The number of hydrogen-bond acceptors (Lipinski definition) is 6. The lowest BCUT2D eigenvalue weighted by molar-refractivity contribution is -0.153. The van der Waals surface area contributed by atoms with Crippen molar-refractivity contribution in [1.29, 1.82) is 0 Å². The summed E-state index contributed by atoms with van der Waals surface area (Å²) in [6, 6.07) is -1.33. The number of carbonyl (C=O) groups excluding carboxylic acids is 3. The fourth-order valence-corrected chi connectivity index (χ4v) is 8.53. The molecule has 0 aromatic rings. The van der Waals surface area contributed by atoms with Crippen LogP contribution in [0.3, 0.4) is 0 Å². The summed E-state index contributed by atoms with van der Waals surface area (Å²) >= 11 is 1.54. The van der Waals surface area contributed by atoms with E-state index in [0.29, 0.717) is 19.6 Å². The third kappa shape index (κ3) is 4.00. The van der Waals surface area contributed by atoms with Gasteiger partial charge in [0, 0.05) is 17.3 Å². The normalized spacial score (nSPS) is 34.7. The summed E-state index contributed by atoms with van der Waals surface area (Å²) in [5.74, 6) is -2.09. The molecule has 6 atom stereocenters. The Hall–Kier alpha value is -1.80. The van der Waals surface area contributed by atoms with Gasteiger partial charge in [-0.25, -0.2) is 0 Å². The standard InChI is InChI=1S/C26H38N2O5S/c1-16(14-29)28-20-22(31)27(25(5,6)15-24(2,3)4)12-9-11-26(20)19(21(28)30)18-17(34-26)10-7-8-13-33-23(18)32/h7,9-11,16-20,29H,8,12-15H2,1-6H3/t16-,17+,18-,19+,20?,26+/m1/s1. The maximum Gasteiger partial charge on any atom is 0.311 e. The van der Waals surface area contributed by atoms with Gasteiger partial charge < -0.3 is 19.6 Å². The number of thioether (sulfide) groups is 1. The van der Waals surface area contributed by atoms with E-state index in [1.54, 1.807) is 11.8 Å². The van der Waals surface area contributed by atoms with Crippen molar-refractivity contribution < 1.29 is 24.2 Å². The average Bonchev–Trinajstić information content (AvgIpc) is 3.09. The van der Waals surface area contributed by atoms with Crippen LogP contribution in [0.2, 0.25) is 0 Å². The van der Waals surface area contributed by atoms with Gasteiger partial charge in [-0.2, -0.15) is 0 Å². The fraction of sp³-hybridized carbons (Fsp3) is 0.731. The molecule has 2 saturated heterocycles. The molecule has 4 heterocycles. The van der Waals surface area contributed by atoms with Gasteiger partial charge in [-0.3, -0.25) is 14.4 Å². The molecule has 4 aliphatic rings. The molecule has 4 rings (SSSR count). The van der Waals surface area contributed by atoms with E-state index in [1.807, 2.05) is 29.2 Å². The van der Waals surface area contributed by atoms with Crippen LogP contribution in [0.4, 0.5) is 0 Å². The number of aliphatic hydroxyl groups excluding tert-OH is 1. The zero-order valence-corrected chi connectivity index (χ0v) is 21.9. The van der Waals surface area contributed by atoms with Gasteiger partial charge in [0.05, 0.1) is 35.8 Å². The minimum absolute atomic E-state index is 0.00565. The number of amides is 2. The molecule has 8 heteroatoms. The number of hydrogen-bond donors (Lipinski definition) is 1. The summed E-state index contributed by atoms with van der Waals surface area (Å²) in [6.07, 6.45) is 9.45. The minimum atomic E-state index is -0.882. The number of carbonyl (C=O) groups is 3. The van der Waals surface area contributed by atoms with Gasteiger partial charge in [-0.15, -0.1) is 11.8 Å². The molecule has 1 N–H and O–H groups in total. The van der Waals surface area contributed by atoms with Crippen molar-refractivity contribution >= 4 is 29.5 Å². The van der Waals surface area contributed by atoms with E-state index in [4.69, 9.17) is 4.74 Å². The Morgan fingerprint density at radius 2 is 1.88 bits per heavy atom. The molecule has 7 nitrogen and oxygen atoms in total. The number of fused-ring (bicyclic) bond motifs is 2. The molecule has 0 aromatic carbocycles. The van der Waals surface area contributed by atoms with Gasteiger partial charge in [-0.05, 0) is 39.0 Å². The first-order chi connectivity index (χ1) is 15.8. The third-order valence-corrected chi connectivity index (χ3v) is 9.24. The lowest BCUT2D eigenvalue weighted by Crippen LogP contribution is -2.60. The summed E-state index contributed by atoms with van der Waals surface area (Å²) < 4.78 is 4.62. The molecule has 2 amide bonds. The molecule has 0 aromatic heterocycles. The second-order valence-corrected chi connectivity index (χ2v) is 13.4. The van der Waals surface area contributed by atoms with Crippen molar-refractivity contribution in [2.24, 2.45) is 17.3 Å². The Bertz CT molecular complexity index is 923. The molecule has 34 heavy (non-hydrogen) atoms. The predicted molar refractivity (Wildman–Crippen MR) is 132 cm³/mol. The number of nitrogens with zero attached hydrogens (tertiary/aromatic N) is 2. The van der Waals surface area contributed by atoms with Gasteiger partial charge in [0.2, 0.25) is 11.8 Å². The summed E-state index contributed by atoms with van der Waals surface area (Å²) in [7, 11) is 0. The van der Waals surface area contributed by atoms with E-state index in [9.17, 15) is 19.5 Å². The second kappa shape index (κ2) is 8.70. The number of rotatable bonds is 4. The number of esters is 1. The number of ether oxygens (including phenoxy) is 1. The number of likely N-dealkylation sites (tertiary alicyclic amines) is 1. The monoisotopic (exact) mass is 490 g/mol. The van der Waals surface area contributed by atoms with Crippen LogP contribution in [0, 0.1) is 17.3 Å². The highest BCUT2D eigenvalue weighted by Gasteiger charge is 2.71.